The number of hydrogen-bond acceptors (Lipinski definition) is 5. The summed E-state index contributed by atoms with van der Waals surface area (Å²) in [4.78, 5) is 18.6. The van der Waals surface area contributed by atoms with E-state index in [2.05, 4.69) is 20.4 Å². The number of nitrogens with two attached hydrogens (primary N) is 1. The quantitative estimate of drug-likeness (QED) is 0.666. The number of para-hydroxylation sites is 1. The molecule has 1 atom stereocenters. The minimum atomic E-state index is -0.463. The van der Waals surface area contributed by atoms with Crippen molar-refractivity contribution in [3.8, 4) is 0 Å². The first-order chi connectivity index (χ1) is 10.2. The number of nitrogens with zero attached hydrogens (tertiary/aromatic N) is 2. The maximum absolute atomic E-state index is 11.4. The first kappa shape index (κ1) is 13.3. The smallest absolute Gasteiger partial charge is 0.292 e. The Balaban J connectivity index is 1.81. The molecule has 2 heterocycles. The molecule has 7 heteroatoms. The van der Waals surface area contributed by atoms with E-state index in [-0.39, 0.29) is 11.7 Å². The first-order valence-corrected chi connectivity index (χ1v) is 6.55. The first-order valence-electron chi connectivity index (χ1n) is 6.55. The number of rotatable bonds is 4. The van der Waals surface area contributed by atoms with Crippen LogP contribution in [0.15, 0.2) is 35.0 Å². The van der Waals surface area contributed by atoms with E-state index in [0.29, 0.717) is 6.42 Å². The van der Waals surface area contributed by atoms with Crippen LogP contribution in [0.5, 0.6) is 0 Å². The van der Waals surface area contributed by atoms with E-state index in [1.807, 2.05) is 30.5 Å². The Bertz CT molecular complexity index is 776. The Kier molecular flexibility index (Phi) is 3.41. The van der Waals surface area contributed by atoms with Gasteiger partial charge in [0.25, 0.3) is 11.7 Å². The van der Waals surface area contributed by atoms with E-state index in [4.69, 9.17) is 10.3 Å². The summed E-state index contributed by atoms with van der Waals surface area (Å²) in [6, 6.07) is 7.51. The fourth-order valence-electron chi connectivity index (χ4n) is 2.21. The lowest BCUT2D eigenvalue weighted by Gasteiger charge is -2.05. The minimum absolute atomic E-state index is 0.0122. The highest BCUT2D eigenvalue weighted by atomic mass is 16.5. The van der Waals surface area contributed by atoms with Gasteiger partial charge < -0.3 is 20.6 Å². The molecule has 0 radical (unpaired) electrons. The standard InChI is InChI=1S/C14H15N5O2/c1-16-13(20)12-18-14(21-19-12)10(15)6-8-7-17-11-5-3-2-4-9(8)11/h2-5,7,10,17H,6,15H2,1H3,(H,16,20)/t10-/m0/s1. The number of fused-ring (bicyclic) bond motifs is 1. The molecule has 21 heavy (non-hydrogen) atoms. The summed E-state index contributed by atoms with van der Waals surface area (Å²) in [5, 5.41) is 7.16. The van der Waals surface area contributed by atoms with Crippen LogP contribution in [0.4, 0.5) is 0 Å². The van der Waals surface area contributed by atoms with Crippen molar-refractivity contribution >= 4 is 16.8 Å². The predicted octanol–water partition coefficient (Wildman–Crippen LogP) is 1.15. The molecule has 3 rings (SSSR count). The number of benzene rings is 1. The molecular formula is C14H15N5O2. The number of H-pyrrole nitrogens is 1. The van der Waals surface area contributed by atoms with Gasteiger partial charge in [-0.15, -0.1) is 0 Å². The van der Waals surface area contributed by atoms with Crippen molar-refractivity contribution in [2.45, 2.75) is 12.5 Å². The summed E-state index contributed by atoms with van der Waals surface area (Å²) < 4.78 is 5.05. The average Bonchev–Trinajstić information content (AvgIpc) is 3.14. The Morgan fingerprint density at radius 1 is 1.48 bits per heavy atom. The van der Waals surface area contributed by atoms with Crippen molar-refractivity contribution in [3.63, 3.8) is 0 Å². The zero-order valence-corrected chi connectivity index (χ0v) is 11.5. The Morgan fingerprint density at radius 2 is 2.29 bits per heavy atom. The van der Waals surface area contributed by atoms with Gasteiger partial charge in [0, 0.05) is 24.1 Å². The van der Waals surface area contributed by atoms with Crippen LogP contribution in [0.2, 0.25) is 0 Å². The van der Waals surface area contributed by atoms with Gasteiger partial charge in [0.1, 0.15) is 0 Å². The van der Waals surface area contributed by atoms with Gasteiger partial charge in [-0.25, -0.2) is 0 Å². The number of amides is 1. The van der Waals surface area contributed by atoms with E-state index in [9.17, 15) is 4.79 Å². The molecule has 0 saturated carbocycles. The lowest BCUT2D eigenvalue weighted by atomic mass is 10.1. The third-order valence-electron chi connectivity index (χ3n) is 3.30. The van der Waals surface area contributed by atoms with Crippen molar-refractivity contribution < 1.29 is 9.32 Å². The largest absolute Gasteiger partial charge is 0.361 e. The maximum Gasteiger partial charge on any atom is 0.292 e. The molecule has 0 aliphatic rings. The molecule has 0 fully saturated rings. The minimum Gasteiger partial charge on any atom is -0.361 e. The molecule has 7 nitrogen and oxygen atoms in total. The summed E-state index contributed by atoms with van der Waals surface area (Å²) in [6.45, 7) is 0. The van der Waals surface area contributed by atoms with Crippen LogP contribution in [0.25, 0.3) is 10.9 Å². The van der Waals surface area contributed by atoms with Crippen molar-refractivity contribution in [1.29, 1.82) is 0 Å². The second kappa shape index (κ2) is 5.37. The molecule has 1 aromatic carbocycles. The topological polar surface area (TPSA) is 110 Å². The maximum atomic E-state index is 11.4. The second-order valence-corrected chi connectivity index (χ2v) is 4.71. The van der Waals surface area contributed by atoms with Crippen LogP contribution in [0.1, 0.15) is 28.1 Å². The number of carbonyl (C=O) groups is 1. The molecule has 3 aromatic rings. The summed E-state index contributed by atoms with van der Waals surface area (Å²) in [5.41, 5.74) is 8.21. The Morgan fingerprint density at radius 3 is 3.10 bits per heavy atom. The SMILES string of the molecule is CNC(=O)c1noc([C@@H](N)Cc2c[nH]c3ccccc23)n1. The highest BCUT2D eigenvalue weighted by Crippen LogP contribution is 2.22. The van der Waals surface area contributed by atoms with Crippen LogP contribution in [0, 0.1) is 0 Å². The summed E-state index contributed by atoms with van der Waals surface area (Å²) in [6.07, 6.45) is 2.46. The zero-order chi connectivity index (χ0) is 14.8. The highest BCUT2D eigenvalue weighted by molar-refractivity contribution is 5.89. The lowest BCUT2D eigenvalue weighted by molar-refractivity contribution is 0.0950. The van der Waals surface area contributed by atoms with Gasteiger partial charge in [0.2, 0.25) is 5.89 Å². The molecular weight excluding hydrogens is 270 g/mol. The van der Waals surface area contributed by atoms with Crippen molar-refractivity contribution in [2.75, 3.05) is 7.05 Å². The molecule has 0 unspecified atom stereocenters. The third kappa shape index (κ3) is 2.50. The molecule has 108 valence electrons. The Hall–Kier alpha value is -2.67. The van der Waals surface area contributed by atoms with E-state index >= 15 is 0 Å². The van der Waals surface area contributed by atoms with Crippen molar-refractivity contribution in [1.82, 2.24) is 20.4 Å². The molecule has 0 aliphatic carbocycles. The summed E-state index contributed by atoms with van der Waals surface area (Å²) in [7, 11) is 1.50. The fourth-order valence-corrected chi connectivity index (χ4v) is 2.21. The third-order valence-corrected chi connectivity index (χ3v) is 3.30. The number of aromatic amines is 1. The van der Waals surface area contributed by atoms with Crippen LogP contribution in [-0.4, -0.2) is 28.1 Å². The molecule has 1 amide bonds. The van der Waals surface area contributed by atoms with Crippen LogP contribution in [0.3, 0.4) is 0 Å². The van der Waals surface area contributed by atoms with Gasteiger partial charge in [-0.3, -0.25) is 4.79 Å². The molecule has 2 aromatic heterocycles. The zero-order valence-electron chi connectivity index (χ0n) is 11.5. The monoisotopic (exact) mass is 285 g/mol. The average molecular weight is 285 g/mol. The summed E-state index contributed by atoms with van der Waals surface area (Å²) >= 11 is 0. The lowest BCUT2D eigenvalue weighted by Crippen LogP contribution is -2.20. The van der Waals surface area contributed by atoms with E-state index in [1.165, 1.54) is 7.05 Å². The number of aromatic nitrogens is 3. The Labute approximate surface area is 120 Å². The van der Waals surface area contributed by atoms with Gasteiger partial charge in [0.05, 0.1) is 6.04 Å². The van der Waals surface area contributed by atoms with E-state index in [0.717, 1.165) is 16.5 Å². The van der Waals surface area contributed by atoms with E-state index < -0.39 is 11.9 Å². The highest BCUT2D eigenvalue weighted by Gasteiger charge is 2.19. The van der Waals surface area contributed by atoms with Crippen molar-refractivity contribution in [3.05, 3.63) is 47.7 Å². The normalized spacial score (nSPS) is 12.5. The van der Waals surface area contributed by atoms with Crippen molar-refractivity contribution in [2.24, 2.45) is 5.73 Å². The number of carbonyl (C=O) groups excluding carboxylic acids is 1. The van der Waals surface area contributed by atoms with Crippen LogP contribution in [-0.2, 0) is 6.42 Å². The van der Waals surface area contributed by atoms with Gasteiger partial charge in [-0.2, -0.15) is 4.98 Å². The van der Waals surface area contributed by atoms with Gasteiger partial charge in [0.15, 0.2) is 0 Å². The second-order valence-electron chi connectivity index (χ2n) is 4.71. The van der Waals surface area contributed by atoms with Crippen LogP contribution >= 0.6 is 0 Å². The molecule has 0 saturated heterocycles. The van der Waals surface area contributed by atoms with Crippen LogP contribution < -0.4 is 11.1 Å². The molecule has 0 bridgehead atoms. The van der Waals surface area contributed by atoms with Gasteiger partial charge in [-0.05, 0) is 18.1 Å². The number of hydrogen-bond donors (Lipinski definition) is 3. The predicted molar refractivity (Wildman–Crippen MR) is 76.6 cm³/mol. The van der Waals surface area contributed by atoms with Gasteiger partial charge >= 0.3 is 0 Å². The van der Waals surface area contributed by atoms with Gasteiger partial charge in [-0.1, -0.05) is 23.4 Å². The van der Waals surface area contributed by atoms with E-state index in [1.54, 1.807) is 0 Å². The molecule has 0 aliphatic heterocycles. The fraction of sp³-hybridized carbons (Fsp3) is 0.214. The summed E-state index contributed by atoms with van der Waals surface area (Å²) in [5.74, 6) is -0.162. The molecule has 0 spiro atoms. The molecule has 4 N–H and O–H groups in total. The number of nitrogens with one attached hydrogen (secondary N) is 2.